The van der Waals surface area contributed by atoms with Crippen LogP contribution in [0.3, 0.4) is 0 Å². The molecule has 4 saturated carbocycles. The first kappa shape index (κ1) is 36.1. The minimum atomic E-state index is -1.78. The van der Waals surface area contributed by atoms with Crippen LogP contribution in [-0.2, 0) is 0 Å². The molecule has 0 aromatic carbocycles. The summed E-state index contributed by atoms with van der Waals surface area (Å²) in [5.41, 5.74) is 11.6. The van der Waals surface area contributed by atoms with E-state index >= 15 is 0 Å². The summed E-state index contributed by atoms with van der Waals surface area (Å²) in [6.45, 7) is 15.5. The van der Waals surface area contributed by atoms with Crippen LogP contribution in [0.1, 0.15) is 130 Å². The van der Waals surface area contributed by atoms with E-state index in [-0.39, 0.29) is 0 Å². The van der Waals surface area contributed by atoms with Crippen molar-refractivity contribution in [3.8, 4) is 0 Å². The van der Waals surface area contributed by atoms with E-state index in [1.165, 1.54) is 114 Å². The molecule has 0 aromatic rings. The van der Waals surface area contributed by atoms with Crippen LogP contribution < -0.4 is 0 Å². The molecule has 8 aliphatic carbocycles. The quantitative estimate of drug-likeness (QED) is 0.221. The zero-order chi connectivity index (χ0) is 35.3. The molecule has 10 atom stereocenters. The van der Waals surface area contributed by atoms with E-state index in [9.17, 15) is 0 Å². The molecule has 8 aliphatic rings. The first-order chi connectivity index (χ1) is 24.7. The molecule has 8 rings (SSSR count). The minimum Gasteiger partial charge on any atom is -0.0808 e. The summed E-state index contributed by atoms with van der Waals surface area (Å²) in [5, 5.41) is 0. The van der Waals surface area contributed by atoms with Crippen LogP contribution >= 0.6 is 0 Å². The molecule has 0 heterocycles. The van der Waals surface area contributed by atoms with Crippen molar-refractivity contribution in [3.05, 3.63) is 94.2 Å². The lowest BCUT2D eigenvalue weighted by molar-refractivity contribution is 0.275. The fourth-order valence-electron chi connectivity index (χ4n) is 14.6. The highest BCUT2D eigenvalue weighted by Gasteiger charge is 2.59. The number of hydrogen-bond acceptors (Lipinski definition) is 0. The molecule has 0 nitrogen and oxygen atoms in total. The molecule has 0 saturated heterocycles. The van der Waals surface area contributed by atoms with Crippen LogP contribution in [0.25, 0.3) is 0 Å². The minimum absolute atomic E-state index is 0.661. The van der Waals surface area contributed by atoms with Crippen LogP contribution in [0.5, 0.6) is 0 Å². The van der Waals surface area contributed by atoms with Gasteiger partial charge in [0.05, 0.1) is 8.07 Å². The van der Waals surface area contributed by atoms with Gasteiger partial charge in [-0.1, -0.05) is 163 Å². The molecule has 276 valence electrons. The van der Waals surface area contributed by atoms with Crippen LogP contribution in [-0.4, -0.2) is 8.07 Å². The molecule has 8 unspecified atom stereocenters. The third-order valence-electron chi connectivity index (χ3n) is 16.1. The highest BCUT2D eigenvalue weighted by Crippen LogP contribution is 2.66. The molecular formula is C50H72Si. The average molecular weight is 701 g/mol. The SMILES string of the molecule is CC1=C[C@@H](C)CC(C2=CC=CC3C2CC(CC2CCCCC2)C3[Si](C)(C)C2C(CC3CCCCC3)CC3C(C4=CC(C)=C[C@@H](C)C4)=CC=CC32)=C1. The van der Waals surface area contributed by atoms with E-state index in [1.54, 1.807) is 22.3 Å². The number of rotatable bonds is 8. The predicted octanol–water partition coefficient (Wildman–Crippen LogP) is 14.7. The van der Waals surface area contributed by atoms with Crippen molar-refractivity contribution >= 4 is 8.07 Å². The Hall–Kier alpha value is -1.86. The van der Waals surface area contributed by atoms with Gasteiger partial charge in [0.25, 0.3) is 0 Å². The van der Waals surface area contributed by atoms with E-state index in [0.717, 1.165) is 58.4 Å². The molecule has 0 radical (unpaired) electrons. The molecule has 0 aliphatic heterocycles. The average Bonchev–Trinajstić information content (AvgIpc) is 3.67. The van der Waals surface area contributed by atoms with Crippen molar-refractivity contribution in [3.63, 3.8) is 0 Å². The van der Waals surface area contributed by atoms with Crippen LogP contribution in [0.2, 0.25) is 24.2 Å². The first-order valence-corrected chi connectivity index (χ1v) is 25.4. The normalized spacial score (nSPS) is 39.0. The lowest BCUT2D eigenvalue weighted by Crippen LogP contribution is -2.47. The van der Waals surface area contributed by atoms with Crippen molar-refractivity contribution in [1.82, 2.24) is 0 Å². The molecule has 0 amide bonds. The largest absolute Gasteiger partial charge is 0.0808 e. The third-order valence-corrected chi connectivity index (χ3v) is 21.2. The summed E-state index contributed by atoms with van der Waals surface area (Å²) in [6.07, 6.45) is 49.3. The van der Waals surface area contributed by atoms with Gasteiger partial charge in [0.2, 0.25) is 0 Å². The van der Waals surface area contributed by atoms with Crippen LogP contribution in [0.4, 0.5) is 0 Å². The summed E-state index contributed by atoms with van der Waals surface area (Å²) in [6, 6.07) is 0. The smallest absolute Gasteiger partial charge is 0.0553 e. The topological polar surface area (TPSA) is 0 Å². The standard InChI is InChI=1S/C50H72Si/c1-33-23-34(2)26-39(25-33)43-19-13-21-45-47(43)31-41(29-37-15-9-7-10-16-37)49(45)51(5,6)50-42(30-38-17-11-8-12-18-38)32-48-44(20-14-22-46(48)50)40-27-35(3)24-36(4)28-40/h13-14,19-25,27,34,36-38,41-42,45-50H,7-12,15-18,26,28-32H2,1-6H3/t34-,36-,41?,42?,45?,46?,47?,48?,49?,50?/m1/s1. The van der Waals surface area contributed by atoms with E-state index in [4.69, 9.17) is 0 Å². The maximum Gasteiger partial charge on any atom is 0.0553 e. The first-order valence-electron chi connectivity index (χ1n) is 22.2. The Kier molecular flexibility index (Phi) is 10.7. The lowest BCUT2D eigenvalue weighted by atomic mass is 9.76. The molecule has 1 heteroatoms. The zero-order valence-electron chi connectivity index (χ0n) is 33.5. The van der Waals surface area contributed by atoms with Crippen molar-refractivity contribution in [2.45, 2.75) is 155 Å². The van der Waals surface area contributed by atoms with Crippen molar-refractivity contribution in [2.75, 3.05) is 0 Å². The van der Waals surface area contributed by atoms with Gasteiger partial charge in [-0.25, -0.2) is 0 Å². The molecule has 4 fully saturated rings. The second-order valence-corrected chi connectivity index (χ2v) is 25.2. The Morgan fingerprint density at radius 2 is 1.00 bits per heavy atom. The van der Waals surface area contributed by atoms with E-state index < -0.39 is 8.07 Å². The molecule has 0 aromatic heterocycles. The van der Waals surface area contributed by atoms with Crippen LogP contribution in [0, 0.1) is 59.2 Å². The van der Waals surface area contributed by atoms with Gasteiger partial charge in [-0.3, -0.25) is 0 Å². The zero-order valence-corrected chi connectivity index (χ0v) is 34.5. The Bertz CT molecular complexity index is 1420. The van der Waals surface area contributed by atoms with E-state index in [0.29, 0.717) is 11.8 Å². The number of allylic oxidation sites excluding steroid dienone is 16. The van der Waals surface area contributed by atoms with Crippen molar-refractivity contribution in [2.24, 2.45) is 59.2 Å². The molecule has 0 bridgehead atoms. The maximum absolute atomic E-state index is 2.97. The van der Waals surface area contributed by atoms with Gasteiger partial charge in [0.15, 0.2) is 0 Å². The van der Waals surface area contributed by atoms with Gasteiger partial charge in [0, 0.05) is 0 Å². The highest BCUT2D eigenvalue weighted by molar-refractivity contribution is 6.80. The van der Waals surface area contributed by atoms with Crippen molar-refractivity contribution in [1.29, 1.82) is 0 Å². The predicted molar refractivity (Wildman–Crippen MR) is 223 cm³/mol. The number of hydrogen-bond donors (Lipinski definition) is 0. The number of fused-ring (bicyclic) bond motifs is 2. The van der Waals surface area contributed by atoms with E-state index in [1.807, 2.05) is 0 Å². The second kappa shape index (κ2) is 15.1. The van der Waals surface area contributed by atoms with Gasteiger partial charge in [0.1, 0.15) is 0 Å². The summed E-state index contributed by atoms with van der Waals surface area (Å²) >= 11 is 0. The van der Waals surface area contributed by atoms with E-state index in [2.05, 4.69) is 102 Å². The van der Waals surface area contributed by atoms with Gasteiger partial charge in [-0.2, -0.15) is 0 Å². The molecular weight excluding hydrogens is 629 g/mol. The monoisotopic (exact) mass is 701 g/mol. The van der Waals surface area contributed by atoms with Gasteiger partial charge >= 0.3 is 0 Å². The summed E-state index contributed by atoms with van der Waals surface area (Å²) in [7, 11) is -1.78. The fraction of sp³-hybridized carbons (Fsp3) is 0.680. The Morgan fingerprint density at radius 3 is 1.39 bits per heavy atom. The van der Waals surface area contributed by atoms with Crippen molar-refractivity contribution < 1.29 is 0 Å². The Morgan fingerprint density at radius 1 is 0.588 bits per heavy atom. The second-order valence-electron chi connectivity index (χ2n) is 20.2. The maximum atomic E-state index is 2.97. The van der Waals surface area contributed by atoms with Gasteiger partial charge in [-0.15, -0.1) is 0 Å². The summed E-state index contributed by atoms with van der Waals surface area (Å²) in [5.74, 6) is 8.04. The molecule has 0 spiro atoms. The Labute approximate surface area is 314 Å². The van der Waals surface area contributed by atoms with Gasteiger partial charge in [-0.05, 0) is 145 Å². The van der Waals surface area contributed by atoms with Gasteiger partial charge < -0.3 is 0 Å². The highest BCUT2D eigenvalue weighted by atomic mass is 28.3. The van der Waals surface area contributed by atoms with Crippen LogP contribution in [0.15, 0.2) is 94.2 Å². The fourth-order valence-corrected chi connectivity index (χ4v) is 20.7. The third kappa shape index (κ3) is 7.34. The molecule has 51 heavy (non-hydrogen) atoms. The summed E-state index contributed by atoms with van der Waals surface area (Å²) < 4.78 is 0. The molecule has 0 N–H and O–H groups in total. The lowest BCUT2D eigenvalue weighted by Gasteiger charge is -2.48. The summed E-state index contributed by atoms with van der Waals surface area (Å²) in [4.78, 5) is 0. The Balaban J connectivity index is 1.16.